The van der Waals surface area contributed by atoms with E-state index in [2.05, 4.69) is 0 Å². The Kier molecular flexibility index (Phi) is 5.18. The van der Waals surface area contributed by atoms with Crippen molar-refractivity contribution in [2.45, 2.75) is 20.0 Å². The summed E-state index contributed by atoms with van der Waals surface area (Å²) in [5.74, 6) is -1.94. The first kappa shape index (κ1) is 13.5. The van der Waals surface area contributed by atoms with Gasteiger partial charge in [-0.1, -0.05) is 17.8 Å². The predicted octanol–water partition coefficient (Wildman–Crippen LogP) is 1.12. The smallest absolute Gasteiger partial charge is 0.344 e. The van der Waals surface area contributed by atoms with E-state index in [1.165, 1.54) is 7.05 Å². The number of likely N-dealkylation sites (N-methyl/N-ethyl adjacent to an activating group) is 1. The average molecular weight is 243 g/mol. The number of carboxylic acids is 1. The van der Waals surface area contributed by atoms with Crippen LogP contribution in [0, 0.1) is 5.92 Å². The quantitative estimate of drug-likeness (QED) is 0.593. The molecule has 0 aliphatic rings. The molecule has 0 saturated carbocycles. The topological polar surface area (TPSA) is 60.9 Å². The Morgan fingerprint density at radius 1 is 1.29 bits per heavy atom. The molecule has 1 atom stereocenters. The van der Waals surface area contributed by atoms with E-state index in [1.54, 1.807) is 13.8 Å². The summed E-state index contributed by atoms with van der Waals surface area (Å²) in [5.41, 5.74) is 0. The third-order valence-corrected chi connectivity index (χ3v) is 1.98. The average Bonchev–Trinajstić information content (AvgIpc) is 2.01. The van der Waals surface area contributed by atoms with Crippen LogP contribution in [-0.2, 0) is 9.59 Å². The number of halogens is 2. The number of hydrogen-bond donors (Lipinski definition) is 1. The standard InChI is InChI=1S/C7H12Cl2N2O3/c1-4(2)6(12)10(3)5(7(13)14)11(8)9/h4-5H,1-3H3,(H,13,14). The number of hydrogen-bond acceptors (Lipinski definition) is 3. The van der Waals surface area contributed by atoms with Gasteiger partial charge in [0.15, 0.2) is 0 Å². The predicted molar refractivity (Wildman–Crippen MR) is 52.6 cm³/mol. The van der Waals surface area contributed by atoms with E-state index in [-0.39, 0.29) is 11.8 Å². The van der Waals surface area contributed by atoms with Crippen molar-refractivity contribution >= 4 is 35.4 Å². The summed E-state index contributed by atoms with van der Waals surface area (Å²) in [7, 11) is 1.33. The van der Waals surface area contributed by atoms with E-state index in [4.69, 9.17) is 28.7 Å². The van der Waals surface area contributed by atoms with Crippen molar-refractivity contribution < 1.29 is 14.7 Å². The largest absolute Gasteiger partial charge is 0.479 e. The molecule has 1 unspecified atom stereocenters. The molecule has 0 fully saturated rings. The Labute approximate surface area is 92.4 Å². The van der Waals surface area contributed by atoms with Gasteiger partial charge in [-0.25, -0.2) is 4.79 Å². The lowest BCUT2D eigenvalue weighted by Gasteiger charge is -2.27. The minimum absolute atomic E-state index is 0.310. The van der Waals surface area contributed by atoms with Crippen LogP contribution in [0.4, 0.5) is 0 Å². The van der Waals surface area contributed by atoms with Crippen molar-refractivity contribution in [3.8, 4) is 0 Å². The maximum absolute atomic E-state index is 11.4. The summed E-state index contributed by atoms with van der Waals surface area (Å²) in [6.07, 6.45) is -1.37. The van der Waals surface area contributed by atoms with E-state index in [0.717, 1.165) is 4.90 Å². The summed E-state index contributed by atoms with van der Waals surface area (Å²) in [5, 5.41) is 8.74. The molecule has 0 aromatic carbocycles. The molecule has 0 aliphatic heterocycles. The number of nitrogens with zero attached hydrogens (tertiary/aromatic N) is 2. The van der Waals surface area contributed by atoms with Crippen LogP contribution in [-0.4, -0.2) is 39.0 Å². The van der Waals surface area contributed by atoms with Gasteiger partial charge < -0.3 is 10.0 Å². The lowest BCUT2D eigenvalue weighted by Crippen LogP contribution is -2.48. The summed E-state index contributed by atoms with van der Waals surface area (Å²) in [6.45, 7) is 3.31. The van der Waals surface area contributed by atoms with Crippen LogP contribution in [0.5, 0.6) is 0 Å². The van der Waals surface area contributed by atoms with Crippen LogP contribution in [0.1, 0.15) is 13.8 Å². The molecule has 0 saturated heterocycles. The van der Waals surface area contributed by atoms with Crippen LogP contribution < -0.4 is 0 Å². The first-order valence-corrected chi connectivity index (χ1v) is 4.57. The molecule has 0 aliphatic carbocycles. The molecule has 5 nitrogen and oxygen atoms in total. The molecule has 0 spiro atoms. The van der Waals surface area contributed by atoms with Gasteiger partial charge in [-0.05, 0) is 23.6 Å². The van der Waals surface area contributed by atoms with Gasteiger partial charge in [0.25, 0.3) is 0 Å². The first-order chi connectivity index (χ1) is 6.29. The zero-order chi connectivity index (χ0) is 11.5. The van der Waals surface area contributed by atoms with Gasteiger partial charge in [0.2, 0.25) is 12.1 Å². The number of carboxylic acid groups (broad SMARTS) is 1. The highest BCUT2D eigenvalue weighted by molar-refractivity contribution is 6.35. The van der Waals surface area contributed by atoms with Crippen molar-refractivity contribution in [1.29, 1.82) is 0 Å². The number of amides is 1. The van der Waals surface area contributed by atoms with E-state index in [1.807, 2.05) is 0 Å². The fraction of sp³-hybridized carbons (Fsp3) is 0.714. The highest BCUT2D eigenvalue weighted by Crippen LogP contribution is 2.13. The fourth-order valence-corrected chi connectivity index (χ4v) is 1.34. The van der Waals surface area contributed by atoms with E-state index in [0.29, 0.717) is 3.94 Å². The van der Waals surface area contributed by atoms with Gasteiger partial charge >= 0.3 is 5.97 Å². The van der Waals surface area contributed by atoms with Crippen LogP contribution >= 0.6 is 23.6 Å². The Morgan fingerprint density at radius 2 is 1.71 bits per heavy atom. The Bertz CT molecular complexity index is 233. The second-order valence-electron chi connectivity index (χ2n) is 3.07. The molecule has 0 aromatic heterocycles. The van der Waals surface area contributed by atoms with E-state index >= 15 is 0 Å². The van der Waals surface area contributed by atoms with Gasteiger partial charge in [0.1, 0.15) is 0 Å². The molecular formula is C7H12Cl2N2O3. The van der Waals surface area contributed by atoms with Gasteiger partial charge in [-0.3, -0.25) is 4.79 Å². The molecule has 1 amide bonds. The number of rotatable bonds is 4. The maximum atomic E-state index is 11.4. The molecule has 14 heavy (non-hydrogen) atoms. The summed E-state index contributed by atoms with van der Waals surface area (Å²) in [6, 6.07) is 0. The number of carbonyl (C=O) groups is 2. The first-order valence-electron chi connectivity index (χ1n) is 3.89. The van der Waals surface area contributed by atoms with Crippen molar-refractivity contribution in [1.82, 2.24) is 8.84 Å². The normalized spacial score (nSPS) is 13.1. The van der Waals surface area contributed by atoms with Crippen LogP contribution in [0.2, 0.25) is 0 Å². The third-order valence-electron chi connectivity index (χ3n) is 1.61. The fourth-order valence-electron chi connectivity index (χ4n) is 0.908. The summed E-state index contributed by atoms with van der Waals surface area (Å²) >= 11 is 10.6. The molecule has 7 heteroatoms. The van der Waals surface area contributed by atoms with Crippen LogP contribution in [0.25, 0.3) is 0 Å². The third kappa shape index (κ3) is 3.32. The highest BCUT2D eigenvalue weighted by atomic mass is 35.5. The maximum Gasteiger partial charge on any atom is 0.344 e. The van der Waals surface area contributed by atoms with Crippen LogP contribution in [0.3, 0.4) is 0 Å². The highest BCUT2D eigenvalue weighted by Gasteiger charge is 2.32. The zero-order valence-corrected chi connectivity index (χ0v) is 9.58. The van der Waals surface area contributed by atoms with E-state index < -0.39 is 12.1 Å². The zero-order valence-electron chi connectivity index (χ0n) is 8.07. The van der Waals surface area contributed by atoms with Gasteiger partial charge in [-0.2, -0.15) is 0 Å². The van der Waals surface area contributed by atoms with Gasteiger partial charge in [0.05, 0.1) is 0 Å². The molecule has 1 N–H and O–H groups in total. The molecule has 0 rings (SSSR count). The number of aliphatic carboxylic acids is 1. The second kappa shape index (κ2) is 5.38. The molecule has 82 valence electrons. The monoisotopic (exact) mass is 242 g/mol. The van der Waals surface area contributed by atoms with Gasteiger partial charge in [0, 0.05) is 13.0 Å². The lowest BCUT2D eigenvalue weighted by atomic mass is 10.2. The van der Waals surface area contributed by atoms with Crippen molar-refractivity contribution in [2.24, 2.45) is 5.92 Å². The molecular weight excluding hydrogens is 231 g/mol. The Morgan fingerprint density at radius 3 is 1.93 bits per heavy atom. The molecule has 0 aromatic rings. The van der Waals surface area contributed by atoms with Crippen molar-refractivity contribution in [3.05, 3.63) is 0 Å². The van der Waals surface area contributed by atoms with Crippen molar-refractivity contribution in [2.75, 3.05) is 7.05 Å². The lowest BCUT2D eigenvalue weighted by molar-refractivity contribution is -0.153. The van der Waals surface area contributed by atoms with Crippen molar-refractivity contribution in [3.63, 3.8) is 0 Å². The van der Waals surface area contributed by atoms with E-state index in [9.17, 15) is 9.59 Å². The van der Waals surface area contributed by atoms with Crippen LogP contribution in [0.15, 0.2) is 0 Å². The number of carbonyl (C=O) groups excluding carboxylic acids is 1. The molecule has 0 bridgehead atoms. The minimum atomic E-state index is -1.37. The molecule has 0 radical (unpaired) electrons. The summed E-state index contributed by atoms with van der Waals surface area (Å²) < 4.78 is 0.433. The second-order valence-corrected chi connectivity index (χ2v) is 3.98. The minimum Gasteiger partial charge on any atom is -0.479 e. The SMILES string of the molecule is CC(C)C(=O)N(C)C(C(=O)O)N(Cl)Cl. The Hall–Kier alpha value is -0.520. The molecule has 0 heterocycles. The van der Waals surface area contributed by atoms with Gasteiger partial charge in [-0.15, -0.1) is 0 Å². The summed E-state index contributed by atoms with van der Waals surface area (Å²) in [4.78, 5) is 23.1. The Balaban J connectivity index is 4.68.